The molecule has 0 aromatic heterocycles. The Hall–Kier alpha value is -3.14. The molecule has 1 aliphatic carbocycles. The van der Waals surface area contributed by atoms with Gasteiger partial charge in [-0.15, -0.1) is 0 Å². The lowest BCUT2D eigenvalue weighted by molar-refractivity contribution is -0.132. The Bertz CT molecular complexity index is 806. The maximum Gasteiger partial charge on any atom is 0.328 e. The third-order valence-electron chi connectivity index (χ3n) is 5.34. The highest BCUT2D eigenvalue weighted by Gasteiger charge is 2.32. The molecule has 144 valence electrons. The molecule has 2 aromatic rings. The van der Waals surface area contributed by atoms with Gasteiger partial charge in [0.2, 0.25) is 0 Å². The maximum atomic E-state index is 11.6. The predicted molar refractivity (Wildman–Crippen MR) is 110 cm³/mol. The van der Waals surface area contributed by atoms with Crippen LogP contribution in [0.5, 0.6) is 0 Å². The molecule has 4 nitrogen and oxygen atoms in total. The van der Waals surface area contributed by atoms with Crippen molar-refractivity contribution in [1.29, 1.82) is 0 Å². The van der Waals surface area contributed by atoms with Crippen LogP contribution < -0.4 is 0 Å². The summed E-state index contributed by atoms with van der Waals surface area (Å²) in [5.41, 5.74) is 3.30. The fraction of sp³-hybridized carbons (Fsp3) is 0.250. The Morgan fingerprint density at radius 3 is 1.36 bits per heavy atom. The van der Waals surface area contributed by atoms with E-state index in [1.165, 1.54) is 12.2 Å². The summed E-state index contributed by atoms with van der Waals surface area (Å²) in [6.45, 7) is 0. The normalized spacial score (nSPS) is 20.6. The van der Waals surface area contributed by atoms with Gasteiger partial charge in [-0.2, -0.15) is 0 Å². The molecule has 0 amide bonds. The van der Waals surface area contributed by atoms with E-state index in [4.69, 9.17) is 0 Å². The van der Waals surface area contributed by atoms with Crippen LogP contribution in [-0.4, -0.2) is 22.2 Å². The minimum absolute atomic E-state index is 0.0435. The first-order valence-corrected chi connectivity index (χ1v) is 9.56. The van der Waals surface area contributed by atoms with Crippen molar-refractivity contribution in [2.24, 2.45) is 11.8 Å². The van der Waals surface area contributed by atoms with Crippen molar-refractivity contribution >= 4 is 23.1 Å². The summed E-state index contributed by atoms with van der Waals surface area (Å²) in [5.74, 6) is -2.05. The lowest BCUT2D eigenvalue weighted by Gasteiger charge is -2.35. The van der Waals surface area contributed by atoms with Gasteiger partial charge in [0.1, 0.15) is 0 Å². The molecule has 0 aliphatic heterocycles. The largest absolute Gasteiger partial charge is 0.478 e. The molecule has 2 N–H and O–H groups in total. The number of carboxylic acid groups (broad SMARTS) is 2. The fourth-order valence-electron chi connectivity index (χ4n) is 4.21. The number of hydrogen-bond acceptors (Lipinski definition) is 2. The predicted octanol–water partition coefficient (Wildman–Crippen LogP) is 5.13. The van der Waals surface area contributed by atoms with Crippen LogP contribution in [0.4, 0.5) is 0 Å². The smallest absolute Gasteiger partial charge is 0.328 e. The number of hydrogen-bond donors (Lipinski definition) is 2. The van der Waals surface area contributed by atoms with Gasteiger partial charge in [0.15, 0.2) is 0 Å². The van der Waals surface area contributed by atoms with Crippen molar-refractivity contribution in [3.8, 4) is 0 Å². The molecule has 0 radical (unpaired) electrons. The zero-order valence-electron chi connectivity index (χ0n) is 15.6. The first-order chi connectivity index (χ1) is 13.6. The number of rotatable bonds is 6. The molecule has 0 spiro atoms. The van der Waals surface area contributed by atoms with Gasteiger partial charge in [0, 0.05) is 12.2 Å². The highest BCUT2D eigenvalue weighted by atomic mass is 16.4. The summed E-state index contributed by atoms with van der Waals surface area (Å²) in [6.07, 6.45) is 6.26. The average molecular weight is 376 g/mol. The maximum absolute atomic E-state index is 11.6. The molecule has 0 unspecified atom stereocenters. The monoisotopic (exact) mass is 376 g/mol. The van der Waals surface area contributed by atoms with Gasteiger partial charge in [0.05, 0.1) is 0 Å². The topological polar surface area (TPSA) is 74.6 Å². The summed E-state index contributed by atoms with van der Waals surface area (Å²) in [7, 11) is 0. The van der Waals surface area contributed by atoms with E-state index < -0.39 is 11.9 Å². The minimum Gasteiger partial charge on any atom is -0.478 e. The zero-order chi connectivity index (χ0) is 19.9. The van der Waals surface area contributed by atoms with Crippen LogP contribution in [-0.2, 0) is 9.59 Å². The number of carboxylic acids is 2. The molecular weight excluding hydrogens is 352 g/mol. The van der Waals surface area contributed by atoms with Crippen LogP contribution in [0.1, 0.15) is 36.8 Å². The number of allylic oxidation sites excluding steroid dienone is 2. The van der Waals surface area contributed by atoms with Crippen LogP contribution >= 0.6 is 0 Å². The summed E-state index contributed by atoms with van der Waals surface area (Å²) in [4.78, 5) is 23.1. The fourth-order valence-corrected chi connectivity index (χ4v) is 4.21. The van der Waals surface area contributed by atoms with Gasteiger partial charge in [-0.3, -0.25) is 0 Å². The van der Waals surface area contributed by atoms with E-state index in [-0.39, 0.29) is 11.8 Å². The van der Waals surface area contributed by atoms with E-state index in [1.54, 1.807) is 0 Å². The average Bonchev–Trinajstić information content (AvgIpc) is 2.71. The second kappa shape index (κ2) is 9.18. The Morgan fingerprint density at radius 2 is 1.04 bits per heavy atom. The van der Waals surface area contributed by atoms with E-state index >= 15 is 0 Å². The van der Waals surface area contributed by atoms with Gasteiger partial charge in [-0.05, 0) is 47.0 Å². The minimum atomic E-state index is -0.980. The van der Waals surface area contributed by atoms with Crippen LogP contribution in [0, 0.1) is 11.8 Å². The molecule has 0 saturated heterocycles. The molecular formula is C24H24O4. The SMILES string of the molecule is O=C(O)C=C(c1ccccc1)[C@H]1CCCC[C@@H]1/C(=C\C(=O)O)c1ccccc1. The van der Waals surface area contributed by atoms with Gasteiger partial charge in [-0.1, -0.05) is 73.5 Å². The molecule has 2 aromatic carbocycles. The quantitative estimate of drug-likeness (QED) is 0.686. The van der Waals surface area contributed by atoms with Crippen molar-refractivity contribution in [3.63, 3.8) is 0 Å². The Morgan fingerprint density at radius 1 is 0.679 bits per heavy atom. The Labute approximate surface area is 164 Å². The molecule has 3 rings (SSSR count). The first-order valence-electron chi connectivity index (χ1n) is 9.56. The molecule has 0 bridgehead atoms. The molecule has 0 heterocycles. The van der Waals surface area contributed by atoms with Crippen molar-refractivity contribution in [3.05, 3.63) is 83.9 Å². The van der Waals surface area contributed by atoms with Crippen molar-refractivity contribution < 1.29 is 19.8 Å². The third-order valence-corrected chi connectivity index (χ3v) is 5.34. The zero-order valence-corrected chi connectivity index (χ0v) is 15.6. The molecule has 4 heteroatoms. The Kier molecular flexibility index (Phi) is 6.43. The van der Waals surface area contributed by atoms with Crippen molar-refractivity contribution in [2.45, 2.75) is 25.7 Å². The van der Waals surface area contributed by atoms with Gasteiger partial charge in [-0.25, -0.2) is 9.59 Å². The molecule has 1 fully saturated rings. The van der Waals surface area contributed by atoms with Crippen LogP contribution in [0.15, 0.2) is 72.8 Å². The lowest BCUT2D eigenvalue weighted by atomic mass is 9.69. The molecule has 2 atom stereocenters. The van der Waals surface area contributed by atoms with Crippen molar-refractivity contribution in [1.82, 2.24) is 0 Å². The summed E-state index contributed by atoms with van der Waals surface area (Å²) in [5, 5.41) is 19.0. The third kappa shape index (κ3) is 4.77. The summed E-state index contributed by atoms with van der Waals surface area (Å²) in [6, 6.07) is 19.1. The van der Waals surface area contributed by atoms with Crippen LogP contribution in [0.3, 0.4) is 0 Å². The molecule has 1 aliphatic rings. The van der Waals surface area contributed by atoms with E-state index in [2.05, 4.69) is 0 Å². The summed E-state index contributed by atoms with van der Waals surface area (Å²) < 4.78 is 0. The van der Waals surface area contributed by atoms with E-state index in [9.17, 15) is 19.8 Å². The van der Waals surface area contributed by atoms with Gasteiger partial charge in [0.25, 0.3) is 0 Å². The second-order valence-corrected chi connectivity index (χ2v) is 7.11. The standard InChI is InChI=1S/C24H24O4/c25-23(26)15-21(17-9-3-1-4-10-17)19-13-7-8-14-20(19)22(16-24(27)28)18-11-5-2-6-12-18/h1-6,9-12,15-16,19-20H,7-8,13-14H2,(H,25,26)(H,27,28)/b21-15-,22-16?/t19-,20-/m0/s1. The number of aliphatic carboxylic acids is 2. The lowest BCUT2D eigenvalue weighted by Crippen LogP contribution is -2.23. The van der Waals surface area contributed by atoms with Crippen LogP contribution in [0.25, 0.3) is 11.1 Å². The Balaban J connectivity index is 2.09. The van der Waals surface area contributed by atoms with E-state index in [0.717, 1.165) is 48.0 Å². The highest BCUT2D eigenvalue weighted by molar-refractivity contribution is 5.93. The van der Waals surface area contributed by atoms with Gasteiger partial charge >= 0.3 is 11.9 Å². The number of carbonyl (C=O) groups is 2. The summed E-state index contributed by atoms with van der Waals surface area (Å²) >= 11 is 0. The second-order valence-electron chi connectivity index (χ2n) is 7.11. The first kappa shape index (κ1) is 19.6. The number of benzene rings is 2. The van der Waals surface area contributed by atoms with Crippen LogP contribution in [0.2, 0.25) is 0 Å². The van der Waals surface area contributed by atoms with Gasteiger partial charge < -0.3 is 10.2 Å². The molecule has 1 saturated carbocycles. The highest BCUT2D eigenvalue weighted by Crippen LogP contribution is 2.45. The molecule has 28 heavy (non-hydrogen) atoms. The van der Waals surface area contributed by atoms with E-state index in [0.29, 0.717) is 0 Å². The van der Waals surface area contributed by atoms with E-state index in [1.807, 2.05) is 60.7 Å². The van der Waals surface area contributed by atoms with Crippen molar-refractivity contribution in [2.75, 3.05) is 0 Å².